The van der Waals surface area contributed by atoms with Crippen molar-refractivity contribution in [2.24, 2.45) is 5.84 Å². The molecule has 0 spiro atoms. The lowest BCUT2D eigenvalue weighted by Crippen LogP contribution is -2.14. The van der Waals surface area contributed by atoms with Crippen LogP contribution in [0.5, 0.6) is 0 Å². The minimum Gasteiger partial charge on any atom is -0.319 e. The van der Waals surface area contributed by atoms with Crippen LogP contribution in [0.4, 0.5) is 15.9 Å². The molecule has 0 unspecified atom stereocenters. The average molecular weight is 281 g/mol. The van der Waals surface area contributed by atoms with E-state index in [1.165, 1.54) is 36.5 Å². The zero-order valence-corrected chi connectivity index (χ0v) is 10.4. The Morgan fingerprint density at radius 3 is 2.74 bits per heavy atom. The summed E-state index contributed by atoms with van der Waals surface area (Å²) in [5.74, 6) is 4.53. The number of benzene rings is 1. The van der Waals surface area contributed by atoms with Crippen molar-refractivity contribution in [1.29, 1.82) is 0 Å². The van der Waals surface area contributed by atoms with E-state index in [4.69, 9.17) is 17.4 Å². The van der Waals surface area contributed by atoms with Crippen molar-refractivity contribution in [3.05, 3.63) is 52.9 Å². The minimum atomic E-state index is -0.564. The molecule has 0 atom stereocenters. The third-order valence-corrected chi connectivity index (χ3v) is 2.59. The summed E-state index contributed by atoms with van der Waals surface area (Å²) in [5, 5.41) is 2.75. The molecule has 1 aromatic carbocycles. The number of carbonyl (C=O) groups excluding carboxylic acids is 1. The van der Waals surface area contributed by atoms with Gasteiger partial charge in [-0.1, -0.05) is 11.6 Å². The van der Waals surface area contributed by atoms with Gasteiger partial charge >= 0.3 is 0 Å². The molecule has 0 saturated carbocycles. The number of nitrogen functional groups attached to an aromatic ring is 1. The van der Waals surface area contributed by atoms with Crippen molar-refractivity contribution in [1.82, 2.24) is 4.98 Å². The van der Waals surface area contributed by atoms with Gasteiger partial charge in [0.25, 0.3) is 5.91 Å². The second-order valence-corrected chi connectivity index (χ2v) is 4.09. The first-order valence-corrected chi connectivity index (χ1v) is 5.67. The molecule has 2 rings (SSSR count). The zero-order chi connectivity index (χ0) is 13.8. The molecular formula is C12H10ClFN4O. The Balaban J connectivity index is 2.18. The highest BCUT2D eigenvalue weighted by molar-refractivity contribution is 6.31. The third kappa shape index (κ3) is 3.18. The number of aromatic nitrogens is 1. The molecule has 5 nitrogen and oxygen atoms in total. The van der Waals surface area contributed by atoms with Crippen LogP contribution in [0.3, 0.4) is 0 Å². The summed E-state index contributed by atoms with van der Waals surface area (Å²) in [6.07, 6.45) is 1.33. The van der Waals surface area contributed by atoms with Crippen LogP contribution in [0.15, 0.2) is 36.5 Å². The maximum absolute atomic E-state index is 13.4. The number of halogens is 2. The number of hydrogen-bond acceptors (Lipinski definition) is 4. The van der Waals surface area contributed by atoms with E-state index in [1.54, 1.807) is 0 Å². The zero-order valence-electron chi connectivity index (χ0n) is 9.65. The number of hydrogen-bond donors (Lipinski definition) is 3. The molecule has 0 radical (unpaired) electrons. The summed E-state index contributed by atoms with van der Waals surface area (Å²) in [6, 6.07) is 6.95. The van der Waals surface area contributed by atoms with E-state index in [0.29, 0.717) is 10.8 Å². The summed E-state index contributed by atoms with van der Waals surface area (Å²) in [7, 11) is 0. The van der Waals surface area contributed by atoms with E-state index in [0.717, 1.165) is 0 Å². The number of hydrazine groups is 1. The van der Waals surface area contributed by atoms with Crippen molar-refractivity contribution in [2.45, 2.75) is 0 Å². The molecule has 0 aliphatic carbocycles. The molecule has 0 fully saturated rings. The highest BCUT2D eigenvalue weighted by atomic mass is 35.5. The van der Waals surface area contributed by atoms with Gasteiger partial charge in [-0.3, -0.25) is 4.79 Å². The van der Waals surface area contributed by atoms with Crippen molar-refractivity contribution < 1.29 is 9.18 Å². The Morgan fingerprint density at radius 1 is 1.32 bits per heavy atom. The Hall–Kier alpha value is -2.18. The van der Waals surface area contributed by atoms with Crippen molar-refractivity contribution in [2.75, 3.05) is 10.7 Å². The number of nitrogens with two attached hydrogens (primary N) is 1. The molecule has 19 heavy (non-hydrogen) atoms. The van der Waals surface area contributed by atoms with Crippen LogP contribution in [-0.2, 0) is 0 Å². The van der Waals surface area contributed by atoms with Gasteiger partial charge in [-0.2, -0.15) is 0 Å². The quantitative estimate of drug-likeness (QED) is 0.596. The first-order valence-electron chi connectivity index (χ1n) is 5.29. The Morgan fingerprint density at radius 2 is 2.11 bits per heavy atom. The number of nitrogens with zero attached hydrogens (tertiary/aromatic N) is 1. The van der Waals surface area contributed by atoms with E-state index in [2.05, 4.69) is 15.7 Å². The number of nitrogens with one attached hydrogen (secondary N) is 2. The van der Waals surface area contributed by atoms with Gasteiger partial charge in [0.15, 0.2) is 0 Å². The fourth-order valence-corrected chi connectivity index (χ4v) is 1.57. The average Bonchev–Trinajstić information content (AvgIpc) is 2.43. The summed E-state index contributed by atoms with van der Waals surface area (Å²) < 4.78 is 13.4. The van der Waals surface area contributed by atoms with Crippen LogP contribution in [-0.4, -0.2) is 10.9 Å². The second-order valence-electron chi connectivity index (χ2n) is 3.65. The molecule has 0 saturated heterocycles. The van der Waals surface area contributed by atoms with Gasteiger partial charge in [0.05, 0.1) is 11.3 Å². The van der Waals surface area contributed by atoms with Gasteiger partial charge in [0, 0.05) is 11.2 Å². The molecule has 0 bridgehead atoms. The number of carbonyl (C=O) groups is 1. The highest BCUT2D eigenvalue weighted by Gasteiger charge is 2.10. The monoisotopic (exact) mass is 280 g/mol. The van der Waals surface area contributed by atoms with E-state index in [-0.39, 0.29) is 11.3 Å². The first-order chi connectivity index (χ1) is 9.10. The van der Waals surface area contributed by atoms with Crippen LogP contribution >= 0.6 is 11.6 Å². The van der Waals surface area contributed by atoms with E-state index >= 15 is 0 Å². The predicted molar refractivity (Wildman–Crippen MR) is 71.4 cm³/mol. The molecule has 0 aliphatic heterocycles. The summed E-state index contributed by atoms with van der Waals surface area (Å²) >= 11 is 5.73. The van der Waals surface area contributed by atoms with E-state index in [9.17, 15) is 9.18 Å². The molecule has 2 aromatic rings. The standard InChI is InChI=1S/C12H10ClFN4O/c13-8-2-3-9(14)10(5-8)17-12(19)7-1-4-11(18-15)16-6-7/h1-6H,15H2,(H,16,18)(H,17,19). The van der Waals surface area contributed by atoms with E-state index < -0.39 is 11.7 Å². The van der Waals surface area contributed by atoms with Gasteiger partial charge in [0.1, 0.15) is 11.6 Å². The maximum atomic E-state index is 13.4. The Labute approximate surface area is 113 Å². The largest absolute Gasteiger partial charge is 0.319 e. The van der Waals surface area contributed by atoms with Gasteiger partial charge in [-0.05, 0) is 30.3 Å². The molecule has 1 aromatic heterocycles. The number of anilines is 2. The maximum Gasteiger partial charge on any atom is 0.257 e. The van der Waals surface area contributed by atoms with Crippen LogP contribution < -0.4 is 16.6 Å². The topological polar surface area (TPSA) is 80.0 Å². The molecule has 1 amide bonds. The lowest BCUT2D eigenvalue weighted by molar-refractivity contribution is 0.102. The molecule has 1 heterocycles. The van der Waals surface area contributed by atoms with Crippen LogP contribution in [0, 0.1) is 5.82 Å². The van der Waals surface area contributed by atoms with Crippen molar-refractivity contribution in [3.8, 4) is 0 Å². The van der Waals surface area contributed by atoms with Crippen LogP contribution in [0.2, 0.25) is 5.02 Å². The number of amides is 1. The van der Waals surface area contributed by atoms with Gasteiger partial charge < -0.3 is 10.7 Å². The van der Waals surface area contributed by atoms with Crippen LogP contribution in [0.1, 0.15) is 10.4 Å². The Kier molecular flexibility index (Phi) is 3.94. The third-order valence-electron chi connectivity index (χ3n) is 2.35. The summed E-state index contributed by atoms with van der Waals surface area (Å²) in [6.45, 7) is 0. The number of rotatable bonds is 3. The van der Waals surface area contributed by atoms with Crippen LogP contribution in [0.25, 0.3) is 0 Å². The number of pyridine rings is 1. The molecule has 4 N–H and O–H groups in total. The van der Waals surface area contributed by atoms with Gasteiger partial charge in [-0.15, -0.1) is 0 Å². The molecule has 0 aliphatic rings. The normalized spacial score (nSPS) is 10.1. The van der Waals surface area contributed by atoms with Crippen molar-refractivity contribution in [3.63, 3.8) is 0 Å². The smallest absolute Gasteiger partial charge is 0.257 e. The fraction of sp³-hybridized carbons (Fsp3) is 0. The first kappa shape index (κ1) is 13.3. The van der Waals surface area contributed by atoms with E-state index in [1.807, 2.05) is 0 Å². The highest BCUT2D eigenvalue weighted by Crippen LogP contribution is 2.20. The Bertz CT molecular complexity index is 603. The second kappa shape index (κ2) is 5.64. The lowest BCUT2D eigenvalue weighted by atomic mass is 10.2. The molecule has 7 heteroatoms. The lowest BCUT2D eigenvalue weighted by Gasteiger charge is -2.07. The minimum absolute atomic E-state index is 0.0125. The summed E-state index contributed by atoms with van der Waals surface area (Å²) in [4.78, 5) is 15.7. The fourth-order valence-electron chi connectivity index (χ4n) is 1.40. The molecule has 98 valence electrons. The summed E-state index contributed by atoms with van der Waals surface area (Å²) in [5.41, 5.74) is 2.63. The van der Waals surface area contributed by atoms with Gasteiger partial charge in [-0.25, -0.2) is 15.2 Å². The predicted octanol–water partition coefficient (Wildman–Crippen LogP) is 2.41. The van der Waals surface area contributed by atoms with Crippen molar-refractivity contribution >= 4 is 29.0 Å². The molecular weight excluding hydrogens is 271 g/mol. The van der Waals surface area contributed by atoms with Gasteiger partial charge in [0.2, 0.25) is 0 Å². The SMILES string of the molecule is NNc1ccc(C(=O)Nc2cc(Cl)ccc2F)cn1.